The van der Waals surface area contributed by atoms with E-state index in [1.165, 1.54) is 11.3 Å². The lowest BCUT2D eigenvalue weighted by Crippen LogP contribution is -2.46. The van der Waals surface area contributed by atoms with Gasteiger partial charge in [-0.3, -0.25) is 4.79 Å². The van der Waals surface area contributed by atoms with Gasteiger partial charge in [0.25, 0.3) is 5.91 Å². The molecule has 2 heterocycles. The number of rotatable bonds is 3. The van der Waals surface area contributed by atoms with Crippen LogP contribution in [0.5, 0.6) is 0 Å². The fraction of sp³-hybridized carbons (Fsp3) is 0.700. The Bertz CT molecular complexity index is 422. The summed E-state index contributed by atoms with van der Waals surface area (Å²) in [6, 6.07) is 0.200. The molecule has 17 heavy (non-hydrogen) atoms. The van der Waals surface area contributed by atoms with Gasteiger partial charge in [-0.2, -0.15) is 0 Å². The molecule has 0 spiro atoms. The lowest BCUT2D eigenvalue weighted by Gasteiger charge is -2.19. The minimum atomic E-state index is -1.77. The van der Waals surface area contributed by atoms with Crippen LogP contribution >= 0.6 is 11.3 Å². The van der Waals surface area contributed by atoms with Crippen molar-refractivity contribution < 1.29 is 9.18 Å². The van der Waals surface area contributed by atoms with E-state index in [9.17, 15) is 9.18 Å². The molecule has 2 aliphatic rings. The summed E-state index contributed by atoms with van der Waals surface area (Å²) in [6.07, 6.45) is 2.18. The third kappa shape index (κ3) is 2.11. The van der Waals surface area contributed by atoms with E-state index in [-0.39, 0.29) is 19.0 Å². The molecule has 0 aromatic carbocycles. The Labute approximate surface area is 102 Å². The number of nitrogens with one attached hydrogen (secondary N) is 1. The molecule has 7 heteroatoms. The Morgan fingerprint density at radius 2 is 2.47 bits per heavy atom. The molecular formula is C10H13FN4OS. The van der Waals surface area contributed by atoms with E-state index in [2.05, 4.69) is 15.5 Å². The molecule has 5 nitrogen and oxygen atoms in total. The second kappa shape index (κ2) is 3.90. The predicted octanol–water partition coefficient (Wildman–Crippen LogP) is 0.735. The van der Waals surface area contributed by atoms with Gasteiger partial charge >= 0.3 is 0 Å². The van der Waals surface area contributed by atoms with Crippen molar-refractivity contribution in [3.05, 3.63) is 5.51 Å². The number of carbonyl (C=O) groups is 1. The molecule has 1 aromatic heterocycles. The topological polar surface area (TPSA) is 58.1 Å². The van der Waals surface area contributed by atoms with Crippen LogP contribution in [-0.2, 0) is 4.79 Å². The number of aromatic nitrogens is 2. The monoisotopic (exact) mass is 256 g/mol. The first-order valence-corrected chi connectivity index (χ1v) is 6.56. The molecule has 1 atom stereocenters. The second-order valence-corrected chi connectivity index (χ2v) is 5.42. The summed E-state index contributed by atoms with van der Waals surface area (Å²) in [5, 5.41) is 11.0. The zero-order valence-corrected chi connectivity index (χ0v) is 10.0. The molecule has 2 fully saturated rings. The van der Waals surface area contributed by atoms with E-state index in [1.807, 2.05) is 0 Å². The predicted molar refractivity (Wildman–Crippen MR) is 61.7 cm³/mol. The molecule has 1 unspecified atom stereocenters. The van der Waals surface area contributed by atoms with Crippen LogP contribution < -0.4 is 10.2 Å². The molecule has 0 bridgehead atoms. The molecule has 1 aliphatic carbocycles. The Kier molecular flexibility index (Phi) is 2.50. The largest absolute Gasteiger partial charge is 0.351 e. The summed E-state index contributed by atoms with van der Waals surface area (Å²) < 4.78 is 14.4. The fourth-order valence-electron chi connectivity index (χ4n) is 1.97. The second-order valence-electron chi connectivity index (χ2n) is 4.61. The van der Waals surface area contributed by atoms with Crippen molar-refractivity contribution >= 4 is 22.4 Å². The maximum atomic E-state index is 14.4. The van der Waals surface area contributed by atoms with Gasteiger partial charge in [0.1, 0.15) is 5.51 Å². The number of alkyl halides is 1. The molecule has 1 saturated carbocycles. The summed E-state index contributed by atoms with van der Waals surface area (Å²) in [4.78, 5) is 13.6. The summed E-state index contributed by atoms with van der Waals surface area (Å²) in [5.41, 5.74) is -0.161. The van der Waals surface area contributed by atoms with Gasteiger partial charge < -0.3 is 10.2 Å². The normalized spacial score (nSPS) is 28.4. The molecule has 0 radical (unpaired) electrons. The van der Waals surface area contributed by atoms with Gasteiger partial charge in [0.15, 0.2) is 0 Å². The van der Waals surface area contributed by atoms with Gasteiger partial charge in [-0.25, -0.2) is 4.39 Å². The molecule has 1 amide bonds. The number of hydrogen-bond donors (Lipinski definition) is 1. The molecule has 1 aliphatic heterocycles. The van der Waals surface area contributed by atoms with E-state index in [1.54, 1.807) is 10.4 Å². The van der Waals surface area contributed by atoms with E-state index < -0.39 is 11.6 Å². The van der Waals surface area contributed by atoms with Gasteiger partial charge in [-0.05, 0) is 12.8 Å². The maximum absolute atomic E-state index is 14.4. The lowest BCUT2D eigenvalue weighted by molar-refractivity contribution is -0.131. The van der Waals surface area contributed by atoms with E-state index in [0.717, 1.165) is 12.8 Å². The van der Waals surface area contributed by atoms with Crippen LogP contribution in [0.15, 0.2) is 5.51 Å². The first-order valence-electron chi connectivity index (χ1n) is 5.68. The van der Waals surface area contributed by atoms with Crippen molar-refractivity contribution in [2.24, 2.45) is 0 Å². The van der Waals surface area contributed by atoms with Gasteiger partial charge in [0, 0.05) is 19.0 Å². The van der Waals surface area contributed by atoms with Gasteiger partial charge in [0.2, 0.25) is 10.8 Å². The van der Waals surface area contributed by atoms with Crippen LogP contribution in [0.1, 0.15) is 19.3 Å². The summed E-state index contributed by atoms with van der Waals surface area (Å²) >= 11 is 1.36. The minimum absolute atomic E-state index is 0.0841. The van der Waals surface area contributed by atoms with Crippen LogP contribution in [0, 0.1) is 0 Å². The van der Waals surface area contributed by atoms with E-state index in [0.29, 0.717) is 11.7 Å². The van der Waals surface area contributed by atoms with Crippen molar-refractivity contribution in [1.82, 2.24) is 15.5 Å². The molecule has 92 valence electrons. The van der Waals surface area contributed by atoms with Crippen molar-refractivity contribution in [3.8, 4) is 0 Å². The van der Waals surface area contributed by atoms with Crippen LogP contribution in [0.3, 0.4) is 0 Å². The highest BCUT2D eigenvalue weighted by molar-refractivity contribution is 7.13. The highest BCUT2D eigenvalue weighted by atomic mass is 32.1. The fourth-order valence-corrected chi connectivity index (χ4v) is 2.56. The number of hydrogen-bond acceptors (Lipinski definition) is 5. The van der Waals surface area contributed by atoms with Gasteiger partial charge in [-0.15, -0.1) is 10.2 Å². The molecule has 1 saturated heterocycles. The van der Waals surface area contributed by atoms with E-state index >= 15 is 0 Å². The quantitative estimate of drug-likeness (QED) is 0.866. The summed E-state index contributed by atoms with van der Waals surface area (Å²) in [6.45, 7) is 0.602. The molecule has 3 rings (SSSR count). The van der Waals surface area contributed by atoms with Crippen LogP contribution in [0.4, 0.5) is 9.52 Å². The summed E-state index contributed by atoms with van der Waals surface area (Å²) in [5.74, 6) is -0.466. The van der Waals surface area contributed by atoms with E-state index in [4.69, 9.17) is 0 Å². The number of nitrogens with zero attached hydrogens (tertiary/aromatic N) is 3. The molecule has 1 N–H and O–H groups in total. The lowest BCUT2D eigenvalue weighted by atomic mass is 10.1. The Morgan fingerprint density at radius 1 is 1.65 bits per heavy atom. The van der Waals surface area contributed by atoms with Gasteiger partial charge in [-0.1, -0.05) is 11.3 Å². The van der Waals surface area contributed by atoms with Crippen molar-refractivity contribution in [2.75, 3.05) is 18.0 Å². The molecular weight excluding hydrogens is 243 g/mol. The van der Waals surface area contributed by atoms with Crippen LogP contribution in [0.2, 0.25) is 0 Å². The number of amides is 1. The highest BCUT2D eigenvalue weighted by Gasteiger charge is 2.47. The zero-order chi connectivity index (χ0) is 11.9. The zero-order valence-electron chi connectivity index (χ0n) is 9.23. The van der Waals surface area contributed by atoms with Crippen molar-refractivity contribution in [3.63, 3.8) is 0 Å². The number of halogens is 1. The Hall–Kier alpha value is -1.24. The van der Waals surface area contributed by atoms with Crippen molar-refractivity contribution in [2.45, 2.75) is 31.0 Å². The van der Waals surface area contributed by atoms with Gasteiger partial charge in [0.05, 0.1) is 6.54 Å². The van der Waals surface area contributed by atoms with Crippen molar-refractivity contribution in [1.29, 1.82) is 0 Å². The Balaban J connectivity index is 1.66. The third-order valence-corrected chi connectivity index (χ3v) is 3.91. The Morgan fingerprint density at radius 3 is 3.12 bits per heavy atom. The van der Waals surface area contributed by atoms with Crippen LogP contribution in [0.25, 0.3) is 0 Å². The SMILES string of the molecule is O=C(NC1CC1)C1(F)CCN(c2nncs2)C1. The smallest absolute Gasteiger partial charge is 0.259 e. The number of anilines is 1. The first kappa shape index (κ1) is 10.9. The summed E-state index contributed by atoms with van der Waals surface area (Å²) in [7, 11) is 0. The average Bonchev–Trinajstić information content (AvgIpc) is 2.83. The number of carbonyl (C=O) groups excluding carboxylic acids is 1. The average molecular weight is 256 g/mol. The maximum Gasteiger partial charge on any atom is 0.259 e. The highest BCUT2D eigenvalue weighted by Crippen LogP contribution is 2.31. The first-order chi connectivity index (χ1) is 8.17. The standard InChI is InChI=1S/C10H13FN4OS/c11-10(8(16)13-7-1-2-7)3-4-15(5-10)9-14-12-6-17-9/h6-7H,1-5H2,(H,13,16). The molecule has 1 aromatic rings. The van der Waals surface area contributed by atoms with Crippen LogP contribution in [-0.4, -0.2) is 40.9 Å². The minimum Gasteiger partial charge on any atom is -0.351 e. The third-order valence-electron chi connectivity index (χ3n) is 3.16.